The predicted octanol–water partition coefficient (Wildman–Crippen LogP) is 0.850. The molecular weight excluding hydrogens is 226 g/mol. The summed E-state index contributed by atoms with van der Waals surface area (Å²) in [6.45, 7) is 1.89. The van der Waals surface area contributed by atoms with E-state index in [2.05, 4.69) is 15.6 Å². The molecule has 1 unspecified atom stereocenters. The molecule has 0 aromatic carbocycles. The van der Waals surface area contributed by atoms with Crippen LogP contribution in [0.3, 0.4) is 0 Å². The van der Waals surface area contributed by atoms with Crippen LogP contribution in [0.5, 0.6) is 0 Å². The summed E-state index contributed by atoms with van der Waals surface area (Å²) in [6, 6.07) is 0. The lowest BCUT2D eigenvalue weighted by molar-refractivity contribution is -0.115. The molecule has 2 heterocycles. The first-order valence-corrected chi connectivity index (χ1v) is 6.24. The van der Waals surface area contributed by atoms with Gasteiger partial charge < -0.3 is 15.4 Å². The maximum atomic E-state index is 11.4. The number of nitrogens with one attached hydrogen (secondary N) is 2. The van der Waals surface area contributed by atoms with Gasteiger partial charge in [0.1, 0.15) is 0 Å². The van der Waals surface area contributed by atoms with E-state index in [0.717, 1.165) is 26.0 Å². The van der Waals surface area contributed by atoms with E-state index in [1.54, 1.807) is 6.20 Å². The fourth-order valence-corrected chi connectivity index (χ4v) is 2.15. The van der Waals surface area contributed by atoms with Gasteiger partial charge in [0, 0.05) is 24.7 Å². The van der Waals surface area contributed by atoms with Gasteiger partial charge in [0.2, 0.25) is 5.91 Å². The Labute approximate surface area is 98.2 Å². The van der Waals surface area contributed by atoms with Crippen molar-refractivity contribution in [2.45, 2.75) is 18.9 Å². The summed E-state index contributed by atoms with van der Waals surface area (Å²) in [6.07, 6.45) is 4.14. The number of hydrogen-bond acceptors (Lipinski definition) is 5. The van der Waals surface area contributed by atoms with Crippen molar-refractivity contribution in [3.05, 3.63) is 11.6 Å². The largest absolute Gasteiger partial charge is 0.377 e. The lowest BCUT2D eigenvalue weighted by atomic mass is 10.2. The molecule has 1 saturated heterocycles. The van der Waals surface area contributed by atoms with E-state index in [1.807, 2.05) is 5.38 Å². The van der Waals surface area contributed by atoms with Crippen LogP contribution in [0.25, 0.3) is 0 Å². The molecule has 2 rings (SSSR count). The van der Waals surface area contributed by atoms with Crippen molar-refractivity contribution in [3.63, 3.8) is 0 Å². The van der Waals surface area contributed by atoms with Gasteiger partial charge in [-0.15, -0.1) is 11.3 Å². The van der Waals surface area contributed by atoms with Crippen molar-refractivity contribution in [2.24, 2.45) is 0 Å². The highest BCUT2D eigenvalue weighted by Crippen LogP contribution is 2.11. The third kappa shape index (κ3) is 3.55. The average molecular weight is 241 g/mol. The first kappa shape index (κ1) is 11.5. The molecule has 2 N–H and O–H groups in total. The Kier molecular flexibility index (Phi) is 4.26. The molecule has 1 aromatic rings. The second-order valence-electron chi connectivity index (χ2n) is 3.65. The van der Waals surface area contributed by atoms with E-state index in [0.29, 0.717) is 11.7 Å². The highest BCUT2D eigenvalue weighted by atomic mass is 32.1. The molecular formula is C10H15N3O2S. The van der Waals surface area contributed by atoms with Crippen molar-refractivity contribution in [3.8, 4) is 0 Å². The monoisotopic (exact) mass is 241 g/mol. The number of amides is 1. The number of aromatic nitrogens is 1. The van der Waals surface area contributed by atoms with E-state index >= 15 is 0 Å². The molecule has 1 aliphatic rings. The topological polar surface area (TPSA) is 63.2 Å². The van der Waals surface area contributed by atoms with Crippen molar-refractivity contribution >= 4 is 22.4 Å². The highest BCUT2D eigenvalue weighted by Gasteiger charge is 2.15. The smallest absolute Gasteiger partial charge is 0.240 e. The zero-order valence-electron chi connectivity index (χ0n) is 8.94. The highest BCUT2D eigenvalue weighted by molar-refractivity contribution is 7.13. The van der Waals surface area contributed by atoms with E-state index < -0.39 is 0 Å². The Morgan fingerprint density at radius 2 is 2.62 bits per heavy atom. The van der Waals surface area contributed by atoms with Crippen LogP contribution in [0.4, 0.5) is 5.13 Å². The minimum atomic E-state index is -0.0621. The third-order valence-corrected chi connectivity index (χ3v) is 3.05. The lowest BCUT2D eigenvalue weighted by Crippen LogP contribution is -2.33. The number of carbonyl (C=O) groups is 1. The van der Waals surface area contributed by atoms with Crippen LogP contribution in [0.1, 0.15) is 12.8 Å². The molecule has 1 amide bonds. The Bertz CT molecular complexity index is 323. The fourth-order valence-electron chi connectivity index (χ4n) is 1.60. The van der Waals surface area contributed by atoms with Gasteiger partial charge in [-0.2, -0.15) is 0 Å². The SMILES string of the molecule is O=C(CNCC1CCCO1)Nc1nccs1. The maximum Gasteiger partial charge on any atom is 0.240 e. The van der Waals surface area contributed by atoms with Gasteiger partial charge in [0.15, 0.2) is 5.13 Å². The van der Waals surface area contributed by atoms with Crippen LogP contribution in [0.2, 0.25) is 0 Å². The van der Waals surface area contributed by atoms with Crippen LogP contribution in [-0.2, 0) is 9.53 Å². The number of thiazole rings is 1. The standard InChI is InChI=1S/C10H15N3O2S/c14-9(13-10-12-3-5-16-10)7-11-6-8-2-1-4-15-8/h3,5,8,11H,1-2,4,6-7H2,(H,12,13,14). The van der Waals surface area contributed by atoms with Crippen LogP contribution in [0, 0.1) is 0 Å². The molecule has 0 saturated carbocycles. The summed E-state index contributed by atoms with van der Waals surface area (Å²) in [7, 11) is 0. The molecule has 16 heavy (non-hydrogen) atoms. The van der Waals surface area contributed by atoms with E-state index in [9.17, 15) is 4.79 Å². The Hall–Kier alpha value is -0.980. The molecule has 1 fully saturated rings. The Morgan fingerprint density at radius 3 is 3.31 bits per heavy atom. The van der Waals surface area contributed by atoms with E-state index in [-0.39, 0.29) is 12.0 Å². The van der Waals surface area contributed by atoms with Crippen molar-refractivity contribution in [2.75, 3.05) is 25.0 Å². The lowest BCUT2D eigenvalue weighted by Gasteiger charge is -2.09. The number of anilines is 1. The molecule has 1 atom stereocenters. The molecule has 0 aliphatic carbocycles. The maximum absolute atomic E-state index is 11.4. The zero-order chi connectivity index (χ0) is 11.2. The predicted molar refractivity (Wildman–Crippen MR) is 62.6 cm³/mol. The molecule has 0 spiro atoms. The number of carbonyl (C=O) groups excluding carboxylic acids is 1. The summed E-state index contributed by atoms with van der Waals surface area (Å²) in [4.78, 5) is 15.4. The third-order valence-electron chi connectivity index (χ3n) is 2.36. The van der Waals surface area contributed by atoms with Gasteiger partial charge in [0.05, 0.1) is 12.6 Å². The molecule has 0 bridgehead atoms. The summed E-state index contributed by atoms with van der Waals surface area (Å²) in [5.41, 5.74) is 0. The van der Waals surface area contributed by atoms with Gasteiger partial charge in [0.25, 0.3) is 0 Å². The van der Waals surface area contributed by atoms with Crippen LogP contribution >= 0.6 is 11.3 Å². The zero-order valence-corrected chi connectivity index (χ0v) is 9.76. The summed E-state index contributed by atoms with van der Waals surface area (Å²) >= 11 is 1.41. The van der Waals surface area contributed by atoms with Crippen LogP contribution in [-0.4, -0.2) is 36.7 Å². The summed E-state index contributed by atoms with van der Waals surface area (Å²) in [5.74, 6) is -0.0621. The van der Waals surface area contributed by atoms with Crippen molar-refractivity contribution in [1.29, 1.82) is 0 Å². The van der Waals surface area contributed by atoms with Gasteiger partial charge in [-0.05, 0) is 12.8 Å². The van der Waals surface area contributed by atoms with Gasteiger partial charge in [-0.25, -0.2) is 4.98 Å². The number of hydrogen-bond donors (Lipinski definition) is 2. The number of rotatable bonds is 5. The Morgan fingerprint density at radius 1 is 1.69 bits per heavy atom. The molecule has 6 heteroatoms. The van der Waals surface area contributed by atoms with Gasteiger partial charge in [-0.1, -0.05) is 0 Å². The molecule has 88 valence electrons. The minimum Gasteiger partial charge on any atom is -0.377 e. The van der Waals surface area contributed by atoms with E-state index in [4.69, 9.17) is 4.74 Å². The number of nitrogens with zero attached hydrogens (tertiary/aromatic N) is 1. The van der Waals surface area contributed by atoms with Crippen LogP contribution < -0.4 is 10.6 Å². The average Bonchev–Trinajstić information content (AvgIpc) is 2.90. The second kappa shape index (κ2) is 5.93. The van der Waals surface area contributed by atoms with Crippen LogP contribution in [0.15, 0.2) is 11.6 Å². The van der Waals surface area contributed by atoms with Crippen molar-refractivity contribution < 1.29 is 9.53 Å². The first-order chi connectivity index (χ1) is 7.84. The summed E-state index contributed by atoms with van der Waals surface area (Å²) in [5, 5.41) is 8.26. The van der Waals surface area contributed by atoms with Gasteiger partial charge >= 0.3 is 0 Å². The normalized spacial score (nSPS) is 19.9. The molecule has 1 aliphatic heterocycles. The molecule has 0 radical (unpaired) electrons. The number of ether oxygens (including phenoxy) is 1. The minimum absolute atomic E-state index is 0.0621. The Balaban J connectivity index is 1.60. The van der Waals surface area contributed by atoms with E-state index in [1.165, 1.54) is 11.3 Å². The van der Waals surface area contributed by atoms with Gasteiger partial charge in [-0.3, -0.25) is 4.79 Å². The first-order valence-electron chi connectivity index (χ1n) is 5.36. The molecule has 5 nitrogen and oxygen atoms in total. The quantitative estimate of drug-likeness (QED) is 0.802. The second-order valence-corrected chi connectivity index (χ2v) is 4.55. The fraction of sp³-hybridized carbons (Fsp3) is 0.600. The molecule has 1 aromatic heterocycles. The summed E-state index contributed by atoms with van der Waals surface area (Å²) < 4.78 is 5.44. The van der Waals surface area contributed by atoms with Crippen molar-refractivity contribution in [1.82, 2.24) is 10.3 Å².